The van der Waals surface area contributed by atoms with Crippen molar-refractivity contribution < 1.29 is 9.18 Å². The van der Waals surface area contributed by atoms with Gasteiger partial charge < -0.3 is 5.32 Å². The summed E-state index contributed by atoms with van der Waals surface area (Å²) in [5, 5.41) is 4.00. The molecule has 3 nitrogen and oxygen atoms in total. The summed E-state index contributed by atoms with van der Waals surface area (Å²) in [5.41, 5.74) is 2.33. The molecule has 140 valence electrons. The van der Waals surface area contributed by atoms with E-state index in [1.54, 1.807) is 6.07 Å². The van der Waals surface area contributed by atoms with Crippen molar-refractivity contribution in [3.05, 3.63) is 69.3 Å². The molecular formula is C21H20ClFN2OS. The Balaban J connectivity index is 1.39. The van der Waals surface area contributed by atoms with Gasteiger partial charge in [-0.2, -0.15) is 0 Å². The highest BCUT2D eigenvalue weighted by molar-refractivity contribution is 7.21. The van der Waals surface area contributed by atoms with E-state index in [-0.39, 0.29) is 11.7 Å². The lowest BCUT2D eigenvalue weighted by Crippen LogP contribution is -2.22. The van der Waals surface area contributed by atoms with E-state index >= 15 is 0 Å². The van der Waals surface area contributed by atoms with E-state index in [1.165, 1.54) is 55.0 Å². The number of hydrogen-bond donors (Lipinski definition) is 1. The van der Waals surface area contributed by atoms with Crippen LogP contribution in [0.2, 0.25) is 5.02 Å². The van der Waals surface area contributed by atoms with Crippen molar-refractivity contribution in [3.63, 3.8) is 0 Å². The second-order valence-electron chi connectivity index (χ2n) is 6.87. The summed E-state index contributed by atoms with van der Waals surface area (Å²) >= 11 is 7.52. The highest BCUT2D eigenvalue weighted by atomic mass is 35.5. The number of thiophene rings is 1. The summed E-state index contributed by atoms with van der Waals surface area (Å²) in [6.45, 7) is 3.78. The van der Waals surface area contributed by atoms with Crippen LogP contribution in [0.3, 0.4) is 0 Å². The van der Waals surface area contributed by atoms with Crippen molar-refractivity contribution in [2.24, 2.45) is 0 Å². The van der Waals surface area contributed by atoms with Crippen LogP contribution in [0.4, 0.5) is 4.39 Å². The summed E-state index contributed by atoms with van der Waals surface area (Å²) < 4.78 is 14.0. The zero-order valence-electron chi connectivity index (χ0n) is 14.8. The number of likely N-dealkylation sites (tertiary alicyclic amines) is 1. The van der Waals surface area contributed by atoms with Crippen LogP contribution >= 0.6 is 22.9 Å². The van der Waals surface area contributed by atoms with Gasteiger partial charge in [0.05, 0.1) is 5.02 Å². The van der Waals surface area contributed by atoms with Crippen LogP contribution in [0, 0.1) is 5.82 Å². The van der Waals surface area contributed by atoms with Gasteiger partial charge in [-0.25, -0.2) is 4.39 Å². The van der Waals surface area contributed by atoms with Gasteiger partial charge >= 0.3 is 0 Å². The Hall–Kier alpha value is -1.95. The molecule has 0 unspecified atom stereocenters. The molecule has 1 N–H and O–H groups in total. The van der Waals surface area contributed by atoms with Crippen molar-refractivity contribution in [3.8, 4) is 0 Å². The van der Waals surface area contributed by atoms with Crippen LogP contribution in [0.25, 0.3) is 10.1 Å². The Labute approximate surface area is 166 Å². The average molecular weight is 403 g/mol. The number of fused-ring (bicyclic) bond motifs is 1. The van der Waals surface area contributed by atoms with Crippen LogP contribution in [-0.4, -0.2) is 23.9 Å². The molecule has 4 rings (SSSR count). The van der Waals surface area contributed by atoms with Crippen LogP contribution in [-0.2, 0) is 13.1 Å². The van der Waals surface area contributed by atoms with E-state index in [4.69, 9.17) is 11.6 Å². The first-order chi connectivity index (χ1) is 13.1. The minimum absolute atomic E-state index is 0.234. The molecule has 0 aliphatic carbocycles. The van der Waals surface area contributed by atoms with Gasteiger partial charge in [-0.3, -0.25) is 9.69 Å². The first-order valence-electron chi connectivity index (χ1n) is 9.06. The lowest BCUT2D eigenvalue weighted by atomic mass is 10.1. The minimum atomic E-state index is -0.332. The van der Waals surface area contributed by atoms with Crippen LogP contribution in [0.1, 0.15) is 33.6 Å². The highest BCUT2D eigenvalue weighted by Crippen LogP contribution is 2.35. The number of rotatable bonds is 5. The van der Waals surface area contributed by atoms with Crippen LogP contribution in [0.5, 0.6) is 0 Å². The third kappa shape index (κ3) is 4.15. The largest absolute Gasteiger partial charge is 0.347 e. The third-order valence-electron chi connectivity index (χ3n) is 4.88. The molecule has 1 fully saturated rings. The molecule has 0 spiro atoms. The second kappa shape index (κ2) is 7.97. The molecule has 6 heteroatoms. The molecule has 1 aromatic heterocycles. The monoisotopic (exact) mass is 402 g/mol. The zero-order valence-corrected chi connectivity index (χ0v) is 16.4. The van der Waals surface area contributed by atoms with Gasteiger partial charge in [-0.1, -0.05) is 35.9 Å². The lowest BCUT2D eigenvalue weighted by Gasteiger charge is -2.14. The summed E-state index contributed by atoms with van der Waals surface area (Å²) in [6.07, 6.45) is 2.58. The molecule has 0 saturated carbocycles. The summed E-state index contributed by atoms with van der Waals surface area (Å²) in [4.78, 5) is 15.4. The number of benzene rings is 2. The van der Waals surface area contributed by atoms with E-state index in [0.717, 1.165) is 12.1 Å². The summed E-state index contributed by atoms with van der Waals surface area (Å²) in [7, 11) is 0. The smallest absolute Gasteiger partial charge is 0.263 e. The maximum Gasteiger partial charge on any atom is 0.263 e. The Morgan fingerprint density at radius 3 is 2.56 bits per heavy atom. The maximum atomic E-state index is 13.4. The first kappa shape index (κ1) is 18.4. The van der Waals surface area contributed by atoms with E-state index in [0.29, 0.717) is 26.5 Å². The van der Waals surface area contributed by atoms with Gasteiger partial charge in [0.25, 0.3) is 5.91 Å². The maximum absolute atomic E-state index is 13.4. The molecular weight excluding hydrogens is 383 g/mol. The number of amides is 1. The molecule has 2 heterocycles. The third-order valence-corrected chi connectivity index (χ3v) is 6.53. The van der Waals surface area contributed by atoms with E-state index in [1.807, 2.05) is 12.1 Å². The van der Waals surface area contributed by atoms with Crippen LogP contribution < -0.4 is 5.32 Å². The first-order valence-corrected chi connectivity index (χ1v) is 10.3. The standard InChI is InChI=1S/C21H20ClFN2OS/c22-19-17-8-7-16(23)11-18(17)27-20(19)21(26)24-12-14-3-5-15(6-4-14)13-25-9-1-2-10-25/h3-8,11H,1-2,9-10,12-13H2,(H,24,26). The normalized spacial score (nSPS) is 14.7. The molecule has 1 saturated heterocycles. The SMILES string of the molecule is O=C(NCc1ccc(CN2CCCC2)cc1)c1sc2cc(F)ccc2c1Cl. The van der Waals surface area contributed by atoms with Crippen molar-refractivity contribution in [2.45, 2.75) is 25.9 Å². The van der Waals surface area contributed by atoms with Crippen molar-refractivity contribution in [1.29, 1.82) is 0 Å². The van der Waals surface area contributed by atoms with Gasteiger partial charge in [0.15, 0.2) is 0 Å². The summed E-state index contributed by atoms with van der Waals surface area (Å²) in [5.74, 6) is -0.566. The molecule has 3 aromatic rings. The predicted octanol–water partition coefficient (Wildman–Crippen LogP) is 5.22. The van der Waals surface area contributed by atoms with E-state index in [9.17, 15) is 9.18 Å². The van der Waals surface area contributed by atoms with E-state index in [2.05, 4.69) is 22.3 Å². The van der Waals surface area contributed by atoms with Gasteiger partial charge in [0.1, 0.15) is 10.7 Å². The second-order valence-corrected chi connectivity index (χ2v) is 8.30. The summed E-state index contributed by atoms with van der Waals surface area (Å²) in [6, 6.07) is 12.7. The Morgan fingerprint density at radius 2 is 1.81 bits per heavy atom. The van der Waals surface area contributed by atoms with Gasteiger partial charge in [-0.15, -0.1) is 11.3 Å². The number of halogens is 2. The number of carbonyl (C=O) groups excluding carboxylic acids is 1. The topological polar surface area (TPSA) is 32.3 Å². The Morgan fingerprint density at radius 1 is 1.11 bits per heavy atom. The molecule has 0 bridgehead atoms. The van der Waals surface area contributed by atoms with Gasteiger partial charge in [-0.05, 0) is 55.3 Å². The average Bonchev–Trinajstić information content (AvgIpc) is 3.29. The minimum Gasteiger partial charge on any atom is -0.347 e. The molecule has 2 aromatic carbocycles. The Kier molecular flexibility index (Phi) is 5.43. The molecule has 1 amide bonds. The quantitative estimate of drug-likeness (QED) is 0.634. The van der Waals surface area contributed by atoms with E-state index < -0.39 is 0 Å². The Bertz CT molecular complexity index is 964. The van der Waals surface area contributed by atoms with Crippen molar-refractivity contribution in [2.75, 3.05) is 13.1 Å². The molecule has 27 heavy (non-hydrogen) atoms. The molecule has 0 atom stereocenters. The number of carbonyl (C=O) groups is 1. The fraction of sp³-hybridized carbons (Fsp3) is 0.286. The fourth-order valence-corrected chi connectivity index (χ4v) is 4.87. The fourth-order valence-electron chi connectivity index (χ4n) is 3.41. The molecule has 1 aliphatic rings. The lowest BCUT2D eigenvalue weighted by molar-refractivity contribution is 0.0955. The van der Waals surface area contributed by atoms with Gasteiger partial charge in [0, 0.05) is 23.2 Å². The number of hydrogen-bond acceptors (Lipinski definition) is 3. The molecule has 0 radical (unpaired) electrons. The van der Waals surface area contributed by atoms with Gasteiger partial charge in [0.2, 0.25) is 0 Å². The van der Waals surface area contributed by atoms with Crippen molar-refractivity contribution >= 4 is 38.9 Å². The predicted molar refractivity (Wildman–Crippen MR) is 109 cm³/mol. The highest BCUT2D eigenvalue weighted by Gasteiger charge is 2.17. The van der Waals surface area contributed by atoms with Crippen molar-refractivity contribution in [1.82, 2.24) is 10.2 Å². The number of nitrogens with one attached hydrogen (secondary N) is 1. The molecule has 1 aliphatic heterocycles. The van der Waals surface area contributed by atoms with Crippen LogP contribution in [0.15, 0.2) is 42.5 Å². The zero-order chi connectivity index (χ0) is 18.8. The number of nitrogens with zero attached hydrogens (tertiary/aromatic N) is 1.